The minimum Gasteiger partial charge on any atom is -0.316 e. The molecule has 0 saturated carbocycles. The molecule has 0 bridgehead atoms. The first-order valence-corrected chi connectivity index (χ1v) is 5.58. The highest BCUT2D eigenvalue weighted by Gasteiger charge is 2.09. The van der Waals surface area contributed by atoms with Crippen LogP contribution in [-0.2, 0) is 9.59 Å². The van der Waals surface area contributed by atoms with Crippen LogP contribution in [0.1, 0.15) is 20.3 Å². The molecule has 17 heavy (non-hydrogen) atoms. The van der Waals surface area contributed by atoms with Crippen molar-refractivity contribution >= 4 is 23.2 Å². The Morgan fingerprint density at radius 2 is 1.41 bits per heavy atom. The summed E-state index contributed by atoms with van der Waals surface area (Å²) in [5.74, 6) is 0.0495. The van der Waals surface area contributed by atoms with Crippen LogP contribution in [-0.4, -0.2) is 25.9 Å². The van der Waals surface area contributed by atoms with Crippen LogP contribution < -0.4 is 9.80 Å². The Morgan fingerprint density at radius 1 is 1.00 bits per heavy atom. The van der Waals surface area contributed by atoms with E-state index in [1.165, 1.54) is 6.92 Å². The lowest BCUT2D eigenvalue weighted by Gasteiger charge is -2.19. The van der Waals surface area contributed by atoms with Crippen LogP contribution in [0.4, 0.5) is 11.4 Å². The average Bonchev–Trinajstić information content (AvgIpc) is 2.36. The predicted molar refractivity (Wildman–Crippen MR) is 69.2 cm³/mol. The van der Waals surface area contributed by atoms with Gasteiger partial charge in [-0.15, -0.1) is 0 Å². The van der Waals surface area contributed by atoms with Crippen molar-refractivity contribution in [3.8, 4) is 0 Å². The predicted octanol–water partition coefficient (Wildman–Crippen LogP) is 2.04. The molecule has 4 heteroatoms. The van der Waals surface area contributed by atoms with Gasteiger partial charge in [0.1, 0.15) is 0 Å². The van der Waals surface area contributed by atoms with Gasteiger partial charge in [-0.25, -0.2) is 0 Å². The van der Waals surface area contributed by atoms with Gasteiger partial charge in [-0.1, -0.05) is 6.92 Å². The van der Waals surface area contributed by atoms with Crippen molar-refractivity contribution in [3.05, 3.63) is 24.3 Å². The first kappa shape index (κ1) is 13.2. The van der Waals surface area contributed by atoms with Crippen molar-refractivity contribution in [1.29, 1.82) is 0 Å². The maximum Gasteiger partial charge on any atom is 0.226 e. The Kier molecular flexibility index (Phi) is 4.26. The molecule has 0 saturated heterocycles. The van der Waals surface area contributed by atoms with E-state index in [2.05, 4.69) is 0 Å². The summed E-state index contributed by atoms with van der Waals surface area (Å²) >= 11 is 0. The number of carbonyl (C=O) groups is 2. The van der Waals surface area contributed by atoms with E-state index < -0.39 is 0 Å². The van der Waals surface area contributed by atoms with Gasteiger partial charge >= 0.3 is 0 Å². The molecule has 0 unspecified atom stereocenters. The van der Waals surface area contributed by atoms with Crippen molar-refractivity contribution in [3.63, 3.8) is 0 Å². The van der Waals surface area contributed by atoms with Gasteiger partial charge in [0.05, 0.1) is 0 Å². The fourth-order valence-electron chi connectivity index (χ4n) is 1.46. The number of carbonyl (C=O) groups excluding carboxylic acids is 2. The lowest BCUT2D eigenvalue weighted by atomic mass is 10.2. The van der Waals surface area contributed by atoms with Gasteiger partial charge in [-0.3, -0.25) is 9.59 Å². The molecule has 0 spiro atoms. The van der Waals surface area contributed by atoms with Crippen LogP contribution in [0.15, 0.2) is 24.3 Å². The Balaban J connectivity index is 2.88. The topological polar surface area (TPSA) is 40.6 Å². The van der Waals surface area contributed by atoms with Crippen LogP contribution in [0.25, 0.3) is 0 Å². The molecule has 1 rings (SSSR count). The number of anilines is 2. The summed E-state index contributed by atoms with van der Waals surface area (Å²) < 4.78 is 0. The van der Waals surface area contributed by atoms with E-state index in [0.717, 1.165) is 11.4 Å². The highest BCUT2D eigenvalue weighted by molar-refractivity contribution is 5.94. The molecular weight excluding hydrogens is 216 g/mol. The molecular formula is C13H18N2O2. The smallest absolute Gasteiger partial charge is 0.226 e. The van der Waals surface area contributed by atoms with Gasteiger partial charge in [0.15, 0.2) is 0 Å². The molecule has 1 aromatic carbocycles. The van der Waals surface area contributed by atoms with E-state index in [0.29, 0.717) is 6.42 Å². The third kappa shape index (κ3) is 3.06. The summed E-state index contributed by atoms with van der Waals surface area (Å²) in [5.41, 5.74) is 1.65. The average molecular weight is 234 g/mol. The van der Waals surface area contributed by atoms with E-state index in [-0.39, 0.29) is 11.8 Å². The molecule has 0 radical (unpaired) electrons. The van der Waals surface area contributed by atoms with Crippen molar-refractivity contribution in [2.45, 2.75) is 20.3 Å². The van der Waals surface area contributed by atoms with Gasteiger partial charge < -0.3 is 9.80 Å². The Hall–Kier alpha value is -1.84. The molecule has 2 amide bonds. The zero-order valence-corrected chi connectivity index (χ0v) is 10.7. The van der Waals surface area contributed by atoms with Crippen molar-refractivity contribution in [2.24, 2.45) is 0 Å². The fraction of sp³-hybridized carbons (Fsp3) is 0.385. The molecule has 92 valence electrons. The molecule has 4 nitrogen and oxygen atoms in total. The molecule has 0 atom stereocenters. The number of hydrogen-bond acceptors (Lipinski definition) is 2. The molecule has 1 aromatic rings. The largest absolute Gasteiger partial charge is 0.316 e. The monoisotopic (exact) mass is 234 g/mol. The van der Waals surface area contributed by atoms with Crippen LogP contribution in [0.2, 0.25) is 0 Å². The van der Waals surface area contributed by atoms with Crippen LogP contribution in [0.5, 0.6) is 0 Å². The number of benzene rings is 1. The first-order chi connectivity index (χ1) is 7.97. The second kappa shape index (κ2) is 5.48. The van der Waals surface area contributed by atoms with Crippen LogP contribution in [0.3, 0.4) is 0 Å². The van der Waals surface area contributed by atoms with Gasteiger partial charge in [0.2, 0.25) is 11.8 Å². The zero-order valence-electron chi connectivity index (χ0n) is 10.7. The summed E-state index contributed by atoms with van der Waals surface area (Å²) in [6.07, 6.45) is 0.478. The van der Waals surface area contributed by atoms with Gasteiger partial charge in [-0.05, 0) is 24.3 Å². The highest BCUT2D eigenvalue weighted by Crippen LogP contribution is 2.19. The molecule has 0 heterocycles. The highest BCUT2D eigenvalue weighted by atomic mass is 16.2. The van der Waals surface area contributed by atoms with Crippen molar-refractivity contribution < 1.29 is 9.59 Å². The van der Waals surface area contributed by atoms with E-state index in [1.807, 2.05) is 31.2 Å². The maximum absolute atomic E-state index is 11.5. The van der Waals surface area contributed by atoms with Gasteiger partial charge in [-0.2, -0.15) is 0 Å². The quantitative estimate of drug-likeness (QED) is 0.803. The van der Waals surface area contributed by atoms with E-state index >= 15 is 0 Å². The standard InChI is InChI=1S/C13H18N2O2/c1-5-13(17)15(4)12-8-6-11(7-9-12)14(3)10(2)16/h6-9H,5H2,1-4H3. The first-order valence-electron chi connectivity index (χ1n) is 5.58. The minimum atomic E-state index is -0.0178. The summed E-state index contributed by atoms with van der Waals surface area (Å²) in [5, 5.41) is 0. The van der Waals surface area contributed by atoms with E-state index in [1.54, 1.807) is 23.9 Å². The second-order valence-corrected chi connectivity index (χ2v) is 3.90. The SMILES string of the molecule is CCC(=O)N(C)c1ccc(N(C)C(C)=O)cc1. The maximum atomic E-state index is 11.5. The normalized spacial score (nSPS) is 9.88. The fourth-order valence-corrected chi connectivity index (χ4v) is 1.46. The summed E-state index contributed by atoms with van der Waals surface area (Å²) in [6.45, 7) is 3.34. The molecule has 0 fully saturated rings. The Bertz CT molecular complexity index is 412. The number of rotatable bonds is 3. The van der Waals surface area contributed by atoms with E-state index in [4.69, 9.17) is 0 Å². The van der Waals surface area contributed by atoms with Crippen LogP contribution >= 0.6 is 0 Å². The molecule has 0 N–H and O–H groups in total. The number of amides is 2. The lowest BCUT2D eigenvalue weighted by Crippen LogP contribution is -2.25. The lowest BCUT2D eigenvalue weighted by molar-refractivity contribution is -0.118. The molecule has 0 aliphatic rings. The second-order valence-electron chi connectivity index (χ2n) is 3.90. The molecule has 0 aromatic heterocycles. The summed E-state index contributed by atoms with van der Waals surface area (Å²) in [7, 11) is 3.47. The van der Waals surface area contributed by atoms with Crippen molar-refractivity contribution in [2.75, 3.05) is 23.9 Å². The zero-order chi connectivity index (χ0) is 13.0. The van der Waals surface area contributed by atoms with Gasteiger partial charge in [0.25, 0.3) is 0 Å². The van der Waals surface area contributed by atoms with Crippen LogP contribution in [0, 0.1) is 0 Å². The third-order valence-electron chi connectivity index (χ3n) is 2.77. The number of hydrogen-bond donors (Lipinski definition) is 0. The summed E-state index contributed by atoms with van der Waals surface area (Å²) in [4.78, 5) is 25.8. The van der Waals surface area contributed by atoms with E-state index in [9.17, 15) is 9.59 Å². The van der Waals surface area contributed by atoms with Crippen molar-refractivity contribution in [1.82, 2.24) is 0 Å². The Labute approximate surface area is 102 Å². The molecule has 0 aliphatic carbocycles. The van der Waals surface area contributed by atoms with Gasteiger partial charge in [0, 0.05) is 38.8 Å². The molecule has 0 aliphatic heterocycles. The Morgan fingerprint density at radius 3 is 1.76 bits per heavy atom. The number of nitrogens with zero attached hydrogens (tertiary/aromatic N) is 2. The summed E-state index contributed by atoms with van der Waals surface area (Å²) in [6, 6.07) is 7.33. The third-order valence-corrected chi connectivity index (χ3v) is 2.77. The minimum absolute atomic E-state index is 0.0178.